The first-order chi connectivity index (χ1) is 34.9. The van der Waals surface area contributed by atoms with Crippen molar-refractivity contribution in [2.45, 2.75) is 52.4 Å². The van der Waals surface area contributed by atoms with Crippen LogP contribution >= 0.6 is 0 Å². The highest BCUT2D eigenvalue weighted by Gasteiger charge is 2.28. The van der Waals surface area contributed by atoms with Crippen LogP contribution in [-0.4, -0.2) is 108 Å². The number of hydrogen-bond acceptors (Lipinski definition) is 13. The van der Waals surface area contributed by atoms with Crippen molar-refractivity contribution < 1.29 is 4.74 Å². The minimum atomic E-state index is 0.219. The van der Waals surface area contributed by atoms with Crippen LogP contribution in [0, 0.1) is 13.8 Å². The van der Waals surface area contributed by atoms with Crippen molar-refractivity contribution >= 4 is 22.7 Å². The van der Waals surface area contributed by atoms with E-state index in [0.29, 0.717) is 13.1 Å². The number of H-pyrrole nitrogens is 2. The Hall–Kier alpha value is -8.12. The number of nitrogens with one attached hydrogen (secondary N) is 4. The van der Waals surface area contributed by atoms with Crippen LogP contribution < -0.4 is 10.6 Å². The molecule has 4 N–H and O–H groups in total. The third-order valence-corrected chi connectivity index (χ3v) is 13.4. The maximum absolute atomic E-state index is 5.59. The van der Waals surface area contributed by atoms with Crippen LogP contribution in [0.3, 0.4) is 0 Å². The lowest BCUT2D eigenvalue weighted by Gasteiger charge is -2.27. The normalized spacial score (nSPS) is 15.5. The summed E-state index contributed by atoms with van der Waals surface area (Å²) < 4.78 is 9.26. The molecule has 0 aliphatic carbocycles. The van der Waals surface area contributed by atoms with Gasteiger partial charge in [0.1, 0.15) is 18.0 Å². The highest BCUT2D eigenvalue weighted by molar-refractivity contribution is 5.78. The maximum atomic E-state index is 5.59. The van der Waals surface area contributed by atoms with E-state index in [4.69, 9.17) is 34.8 Å². The van der Waals surface area contributed by atoms with Gasteiger partial charge in [-0.2, -0.15) is 10.2 Å². The smallest absolute Gasteiger partial charge is 0.156 e. The zero-order chi connectivity index (χ0) is 47.7. The molecule has 2 saturated heterocycles. The Morgan fingerprint density at radius 3 is 2.07 bits per heavy atom. The van der Waals surface area contributed by atoms with Gasteiger partial charge >= 0.3 is 0 Å². The summed E-state index contributed by atoms with van der Waals surface area (Å²) in [4.78, 5) is 41.4. The van der Waals surface area contributed by atoms with Crippen molar-refractivity contribution in [2.24, 2.45) is 0 Å². The summed E-state index contributed by atoms with van der Waals surface area (Å²) in [6.07, 6.45) is 6.54. The number of rotatable bonds is 15. The van der Waals surface area contributed by atoms with Gasteiger partial charge in [-0.05, 0) is 105 Å². The number of ether oxygens (including phenoxy) is 1. The number of morpholine rings is 1. The van der Waals surface area contributed by atoms with Gasteiger partial charge in [0.15, 0.2) is 17.1 Å². The molecular formula is C54H54N16O. The zero-order valence-electron chi connectivity index (χ0n) is 39.8. The molecule has 1 atom stereocenters. The molecule has 0 bridgehead atoms. The average Bonchev–Trinajstić information content (AvgIpc) is 4.26. The molecule has 1 unspecified atom stereocenters. The summed E-state index contributed by atoms with van der Waals surface area (Å²) in [6, 6.07) is 37.4. The number of aryl methyl sites for hydroxylation is 2. The molecular weight excluding hydrogens is 889 g/mol. The summed E-state index contributed by atoms with van der Waals surface area (Å²) in [5.74, 6) is 2.71. The van der Waals surface area contributed by atoms with Crippen LogP contribution in [0.5, 0.6) is 0 Å². The fourth-order valence-corrected chi connectivity index (χ4v) is 9.76. The molecule has 71 heavy (non-hydrogen) atoms. The molecule has 17 nitrogen and oxygen atoms in total. The van der Waals surface area contributed by atoms with Crippen LogP contribution in [0.4, 0.5) is 11.4 Å². The first kappa shape index (κ1) is 44.1. The van der Waals surface area contributed by atoms with Gasteiger partial charge in [-0.15, -0.1) is 0 Å². The Balaban J connectivity index is 0.722. The molecule has 2 aliphatic rings. The highest BCUT2D eigenvalue weighted by atomic mass is 16.5. The predicted molar refractivity (Wildman–Crippen MR) is 273 cm³/mol. The molecule has 0 amide bonds. The van der Waals surface area contributed by atoms with Gasteiger partial charge in [-0.1, -0.05) is 42.5 Å². The van der Waals surface area contributed by atoms with Gasteiger partial charge in [0.2, 0.25) is 0 Å². The summed E-state index contributed by atoms with van der Waals surface area (Å²) in [5.41, 5.74) is 15.0. The molecule has 2 aliphatic heterocycles. The zero-order valence-corrected chi connectivity index (χ0v) is 39.8. The second kappa shape index (κ2) is 19.3. The van der Waals surface area contributed by atoms with Crippen molar-refractivity contribution in [3.63, 3.8) is 0 Å². The van der Waals surface area contributed by atoms with Gasteiger partial charge in [-0.25, -0.2) is 29.0 Å². The monoisotopic (exact) mass is 942 g/mol. The van der Waals surface area contributed by atoms with E-state index in [0.717, 1.165) is 156 Å². The Morgan fingerprint density at radius 2 is 1.32 bits per heavy atom. The Bertz CT molecular complexity index is 3490. The van der Waals surface area contributed by atoms with Gasteiger partial charge in [0, 0.05) is 84.9 Å². The van der Waals surface area contributed by atoms with E-state index >= 15 is 0 Å². The Labute approximate surface area is 410 Å². The lowest BCUT2D eigenvalue weighted by atomic mass is 10.1. The van der Waals surface area contributed by atoms with Gasteiger partial charge in [-0.3, -0.25) is 19.8 Å². The van der Waals surface area contributed by atoms with E-state index in [1.165, 1.54) is 11.1 Å². The predicted octanol–water partition coefficient (Wildman–Crippen LogP) is 8.34. The molecule has 356 valence electrons. The number of likely N-dealkylation sites (tertiary alicyclic amines) is 1. The highest BCUT2D eigenvalue weighted by Crippen LogP contribution is 2.33. The third kappa shape index (κ3) is 9.62. The van der Waals surface area contributed by atoms with Gasteiger partial charge < -0.3 is 25.3 Å². The summed E-state index contributed by atoms with van der Waals surface area (Å²) in [5, 5.41) is 16.7. The minimum absolute atomic E-state index is 0.219. The third-order valence-electron chi connectivity index (χ3n) is 13.4. The van der Waals surface area contributed by atoms with Crippen LogP contribution in [-0.2, 0) is 30.9 Å². The molecule has 12 rings (SSSR count). The standard InChI is InChI=1S/C54H54N16O/c1-35-8-5-14-44(59-35)52-50(39-16-18-48-57-34-58-69(48)32-39)61-46(63-52)27-55-42-12-7-10-37(26-42)29-68-21-20-41(31-68)54-65-49-19-17-40(33-70(49)66-54)51-53(45-15-6-9-36(2)60-45)64-47(62-51)28-56-43-13-4-3-11-38(43)30-67-22-24-71-25-23-67/h3-19,26,32-34,41,55-56H,20-25,27-31H2,1-2H3,(H,61,63)(H,62,64). The fourth-order valence-electron chi connectivity index (χ4n) is 9.76. The molecule has 0 spiro atoms. The first-order valence-electron chi connectivity index (χ1n) is 24.3. The van der Waals surface area contributed by atoms with Crippen molar-refractivity contribution in [2.75, 3.05) is 50.0 Å². The van der Waals surface area contributed by atoms with Crippen molar-refractivity contribution in [3.05, 3.63) is 168 Å². The number of pyridine rings is 4. The number of imidazole rings is 2. The quantitative estimate of drug-likeness (QED) is 0.0770. The number of anilines is 2. The molecule has 0 saturated carbocycles. The number of fused-ring (bicyclic) bond motifs is 2. The Kier molecular flexibility index (Phi) is 12.0. The van der Waals surface area contributed by atoms with Gasteiger partial charge in [0.05, 0.1) is 60.5 Å². The van der Waals surface area contributed by atoms with Crippen molar-refractivity contribution in [1.29, 1.82) is 0 Å². The lowest BCUT2D eigenvalue weighted by Crippen LogP contribution is -2.35. The van der Waals surface area contributed by atoms with E-state index < -0.39 is 0 Å². The SMILES string of the molecule is Cc1cccc(-c2[nH]c(CNc3cccc(CN4CCC(c5nc6ccc(-c7nc(CNc8ccccc8CN8CCOCC8)[nH]c7-c7cccc(C)n7)cn6n5)C4)c3)nc2-c2ccc3ncnn3c2)n1. The lowest BCUT2D eigenvalue weighted by molar-refractivity contribution is 0.0342. The van der Waals surface area contributed by atoms with Crippen LogP contribution in [0.15, 0.2) is 128 Å². The second-order valence-electron chi connectivity index (χ2n) is 18.5. The molecule has 10 aromatic rings. The number of nitrogens with zero attached hydrogens (tertiary/aromatic N) is 12. The largest absolute Gasteiger partial charge is 0.379 e. The fraction of sp³-hybridized carbons (Fsp3) is 0.259. The first-order valence-corrected chi connectivity index (χ1v) is 24.3. The summed E-state index contributed by atoms with van der Waals surface area (Å²) in [7, 11) is 0. The van der Waals surface area contributed by atoms with E-state index in [9.17, 15) is 0 Å². The van der Waals surface area contributed by atoms with E-state index in [2.05, 4.69) is 95.1 Å². The number of hydrogen-bond donors (Lipinski definition) is 4. The Morgan fingerprint density at radius 1 is 0.634 bits per heavy atom. The van der Waals surface area contributed by atoms with Crippen molar-refractivity contribution in [3.8, 4) is 45.3 Å². The average molecular weight is 943 g/mol. The number of benzene rings is 2. The topological polar surface area (TPSA) is 183 Å². The molecule has 2 aromatic carbocycles. The van der Waals surface area contributed by atoms with Crippen molar-refractivity contribution in [1.82, 2.24) is 68.9 Å². The van der Waals surface area contributed by atoms with E-state index in [-0.39, 0.29) is 5.92 Å². The van der Waals surface area contributed by atoms with Crippen LogP contribution in [0.1, 0.15) is 52.3 Å². The molecule has 17 heteroatoms. The van der Waals surface area contributed by atoms with Crippen LogP contribution in [0.2, 0.25) is 0 Å². The molecule has 10 heterocycles. The summed E-state index contributed by atoms with van der Waals surface area (Å²) >= 11 is 0. The van der Waals surface area contributed by atoms with Gasteiger partial charge in [0.25, 0.3) is 0 Å². The number of aromatic nitrogens is 12. The number of aromatic amines is 2. The van der Waals surface area contributed by atoms with E-state index in [1.54, 1.807) is 10.8 Å². The molecule has 8 aromatic heterocycles. The van der Waals surface area contributed by atoms with Crippen LogP contribution in [0.25, 0.3) is 56.6 Å². The summed E-state index contributed by atoms with van der Waals surface area (Å²) in [6.45, 7) is 12.0. The maximum Gasteiger partial charge on any atom is 0.156 e. The second-order valence-corrected chi connectivity index (χ2v) is 18.5. The number of para-hydroxylation sites is 1. The molecule has 2 fully saturated rings. The molecule has 0 radical (unpaired) electrons. The van der Waals surface area contributed by atoms with E-state index in [1.807, 2.05) is 85.4 Å². The minimum Gasteiger partial charge on any atom is -0.379 e.